The lowest BCUT2D eigenvalue weighted by Gasteiger charge is -1.92. The lowest BCUT2D eigenvalue weighted by molar-refractivity contribution is 0.475. The highest BCUT2D eigenvalue weighted by Gasteiger charge is 2.05. The molecule has 0 saturated heterocycles. The number of hydrogen-bond acceptors (Lipinski definition) is 4. The zero-order valence-corrected chi connectivity index (χ0v) is 10.2. The maximum atomic E-state index is 10.4. The van der Waals surface area contributed by atoms with Gasteiger partial charge in [-0.3, -0.25) is 4.55 Å². The van der Waals surface area contributed by atoms with Crippen LogP contribution in [0.2, 0.25) is 0 Å². The third-order valence-corrected chi connectivity index (χ3v) is 2.78. The molecular formula is C12H13NO4S. The summed E-state index contributed by atoms with van der Waals surface area (Å²) in [6.45, 7) is 0. The number of anilines is 1. The molecule has 2 aromatic rings. The molecule has 0 amide bonds. The topological polar surface area (TPSA) is 101 Å². The zero-order valence-electron chi connectivity index (χ0n) is 9.39. The summed E-state index contributed by atoms with van der Waals surface area (Å²) in [6.07, 6.45) is 0. The zero-order chi connectivity index (χ0) is 13.6. The minimum absolute atomic E-state index is 0.0741. The van der Waals surface area contributed by atoms with Crippen molar-refractivity contribution in [3.63, 3.8) is 0 Å². The van der Waals surface area contributed by atoms with Crippen LogP contribution >= 0.6 is 0 Å². The Hall–Kier alpha value is -2.05. The van der Waals surface area contributed by atoms with E-state index >= 15 is 0 Å². The average Bonchev–Trinajstić information content (AvgIpc) is 2.29. The molecule has 0 spiro atoms. The number of benzene rings is 2. The SMILES string of the molecule is Nc1cccc(O)c1.O=S(=O)(O)c1ccccc1. The van der Waals surface area contributed by atoms with Crippen molar-refractivity contribution in [3.05, 3.63) is 54.6 Å². The van der Waals surface area contributed by atoms with Crippen molar-refractivity contribution < 1.29 is 18.1 Å². The Morgan fingerprint density at radius 3 is 1.89 bits per heavy atom. The van der Waals surface area contributed by atoms with Gasteiger partial charge in [0.25, 0.3) is 10.1 Å². The van der Waals surface area contributed by atoms with Crippen LogP contribution in [0, 0.1) is 0 Å². The molecule has 2 rings (SSSR count). The second-order valence-electron chi connectivity index (χ2n) is 3.38. The number of rotatable bonds is 1. The van der Waals surface area contributed by atoms with Crippen molar-refractivity contribution in [2.45, 2.75) is 4.90 Å². The molecule has 0 unspecified atom stereocenters. The lowest BCUT2D eigenvalue weighted by Crippen LogP contribution is -1.96. The van der Waals surface area contributed by atoms with E-state index in [-0.39, 0.29) is 10.6 Å². The maximum absolute atomic E-state index is 10.4. The molecule has 6 heteroatoms. The summed E-state index contributed by atoms with van der Waals surface area (Å²) in [5.41, 5.74) is 5.89. The van der Waals surface area contributed by atoms with Crippen molar-refractivity contribution in [1.82, 2.24) is 0 Å². The van der Waals surface area contributed by atoms with Crippen LogP contribution in [0.15, 0.2) is 59.5 Å². The fourth-order valence-corrected chi connectivity index (χ4v) is 1.62. The molecule has 0 fully saturated rings. The van der Waals surface area contributed by atoms with Crippen molar-refractivity contribution >= 4 is 15.8 Å². The van der Waals surface area contributed by atoms with Gasteiger partial charge in [-0.1, -0.05) is 24.3 Å². The third-order valence-electron chi connectivity index (χ3n) is 1.91. The van der Waals surface area contributed by atoms with Crippen LogP contribution in [0.3, 0.4) is 0 Å². The van der Waals surface area contributed by atoms with E-state index in [1.807, 2.05) is 0 Å². The minimum Gasteiger partial charge on any atom is -0.508 e. The molecule has 18 heavy (non-hydrogen) atoms. The largest absolute Gasteiger partial charge is 0.508 e. The Morgan fingerprint density at radius 1 is 0.944 bits per heavy atom. The van der Waals surface area contributed by atoms with Gasteiger partial charge in [0.2, 0.25) is 0 Å². The normalized spacial score (nSPS) is 10.3. The monoisotopic (exact) mass is 267 g/mol. The number of aromatic hydroxyl groups is 1. The first-order valence-corrected chi connectivity index (χ1v) is 6.40. The molecular weight excluding hydrogens is 254 g/mol. The van der Waals surface area contributed by atoms with E-state index < -0.39 is 10.1 Å². The van der Waals surface area contributed by atoms with Crippen molar-refractivity contribution in [1.29, 1.82) is 0 Å². The summed E-state index contributed by atoms with van der Waals surface area (Å²) in [4.78, 5) is -0.0741. The predicted octanol–water partition coefficient (Wildman–Crippen LogP) is 1.91. The van der Waals surface area contributed by atoms with Crippen LogP contribution < -0.4 is 5.73 Å². The highest BCUT2D eigenvalue weighted by molar-refractivity contribution is 7.85. The minimum atomic E-state index is -4.00. The molecule has 0 radical (unpaired) electrons. The van der Waals surface area contributed by atoms with Crippen molar-refractivity contribution in [2.24, 2.45) is 0 Å². The van der Waals surface area contributed by atoms with Crippen LogP contribution in [0.4, 0.5) is 5.69 Å². The van der Waals surface area contributed by atoms with Gasteiger partial charge in [-0.2, -0.15) is 8.42 Å². The molecule has 4 N–H and O–H groups in total. The molecule has 96 valence electrons. The first-order chi connectivity index (χ1) is 8.39. The van der Waals surface area contributed by atoms with E-state index in [4.69, 9.17) is 15.4 Å². The van der Waals surface area contributed by atoms with Crippen LogP contribution in [-0.4, -0.2) is 18.1 Å². The maximum Gasteiger partial charge on any atom is 0.294 e. The van der Waals surface area contributed by atoms with Gasteiger partial charge in [-0.05, 0) is 24.3 Å². The molecule has 0 aromatic heterocycles. The lowest BCUT2D eigenvalue weighted by atomic mass is 10.3. The van der Waals surface area contributed by atoms with Gasteiger partial charge in [0, 0.05) is 11.8 Å². The van der Waals surface area contributed by atoms with Crippen LogP contribution in [0.1, 0.15) is 0 Å². The van der Waals surface area contributed by atoms with Crippen LogP contribution in [-0.2, 0) is 10.1 Å². The molecule has 0 bridgehead atoms. The van der Waals surface area contributed by atoms with Crippen LogP contribution in [0.5, 0.6) is 5.75 Å². The molecule has 5 nitrogen and oxygen atoms in total. The van der Waals surface area contributed by atoms with Gasteiger partial charge in [-0.15, -0.1) is 0 Å². The Morgan fingerprint density at radius 2 is 1.56 bits per heavy atom. The summed E-state index contributed by atoms with van der Waals surface area (Å²) in [7, 11) is -4.00. The summed E-state index contributed by atoms with van der Waals surface area (Å²) < 4.78 is 29.2. The smallest absolute Gasteiger partial charge is 0.294 e. The first kappa shape index (κ1) is 14.0. The van der Waals surface area contributed by atoms with Crippen molar-refractivity contribution in [3.8, 4) is 5.75 Å². The van der Waals surface area contributed by atoms with Crippen LogP contribution in [0.25, 0.3) is 0 Å². The molecule has 0 aliphatic rings. The predicted molar refractivity (Wildman–Crippen MR) is 68.8 cm³/mol. The van der Waals surface area contributed by atoms with Gasteiger partial charge >= 0.3 is 0 Å². The highest BCUT2D eigenvalue weighted by Crippen LogP contribution is 2.10. The van der Waals surface area contributed by atoms with E-state index in [0.29, 0.717) is 5.69 Å². The van der Waals surface area contributed by atoms with Crippen molar-refractivity contribution in [2.75, 3.05) is 5.73 Å². The highest BCUT2D eigenvalue weighted by atomic mass is 32.2. The molecule has 0 heterocycles. The van der Waals surface area contributed by atoms with E-state index in [1.54, 1.807) is 36.4 Å². The quantitative estimate of drug-likeness (QED) is 0.541. The second kappa shape index (κ2) is 6.04. The average molecular weight is 267 g/mol. The second-order valence-corrected chi connectivity index (χ2v) is 4.80. The molecule has 0 aliphatic carbocycles. The van der Waals surface area contributed by atoms with Gasteiger partial charge < -0.3 is 10.8 Å². The summed E-state index contributed by atoms with van der Waals surface area (Å²) in [5, 5.41) is 8.73. The molecule has 2 aromatic carbocycles. The number of phenolic OH excluding ortho intramolecular Hbond substituents is 1. The van der Waals surface area contributed by atoms with Gasteiger partial charge in [0.05, 0.1) is 4.90 Å². The molecule has 0 saturated carbocycles. The fourth-order valence-electron chi connectivity index (χ4n) is 1.12. The number of nitrogen functional groups attached to an aromatic ring is 1. The van der Waals surface area contributed by atoms with E-state index in [1.165, 1.54) is 18.2 Å². The standard InChI is InChI=1S/C6H7NO.C6H6O3S/c7-5-2-1-3-6(8)4-5;7-10(8,9)6-4-2-1-3-5-6/h1-4,8H,7H2;1-5H,(H,7,8,9). The van der Waals surface area contributed by atoms with E-state index in [9.17, 15) is 8.42 Å². The number of nitrogens with two attached hydrogens (primary N) is 1. The summed E-state index contributed by atoms with van der Waals surface area (Å²) >= 11 is 0. The molecule has 0 aliphatic heterocycles. The summed E-state index contributed by atoms with van der Waals surface area (Å²) in [6, 6.07) is 13.9. The number of hydrogen-bond donors (Lipinski definition) is 3. The van der Waals surface area contributed by atoms with E-state index in [2.05, 4.69) is 0 Å². The Kier molecular flexibility index (Phi) is 4.70. The Bertz CT molecular complexity index is 579. The Labute approximate surface area is 105 Å². The first-order valence-electron chi connectivity index (χ1n) is 4.96. The number of phenols is 1. The Balaban J connectivity index is 0.000000184. The van der Waals surface area contributed by atoms with Gasteiger partial charge in [0.15, 0.2) is 0 Å². The molecule has 0 atom stereocenters. The fraction of sp³-hybridized carbons (Fsp3) is 0. The van der Waals surface area contributed by atoms with Gasteiger partial charge in [-0.25, -0.2) is 0 Å². The van der Waals surface area contributed by atoms with E-state index in [0.717, 1.165) is 0 Å². The third kappa shape index (κ3) is 4.86. The summed E-state index contributed by atoms with van der Waals surface area (Å²) in [5.74, 6) is 0.213. The van der Waals surface area contributed by atoms with Gasteiger partial charge in [0.1, 0.15) is 5.75 Å².